The Morgan fingerprint density at radius 3 is 2.45 bits per heavy atom. The summed E-state index contributed by atoms with van der Waals surface area (Å²) in [5.41, 5.74) is 4.96. The fourth-order valence-corrected chi connectivity index (χ4v) is 2.09. The van der Waals surface area contributed by atoms with Crippen molar-refractivity contribution in [3.05, 3.63) is 0 Å². The molecular formula is C12H22N4O4. The number of urea groups is 1. The Bertz CT molecular complexity index is 355. The Balaban J connectivity index is 2.22. The molecule has 1 atom stereocenters. The van der Waals surface area contributed by atoms with Gasteiger partial charge in [-0.1, -0.05) is 0 Å². The standard InChI is InChI=1S/C12H22N4O4/c13-10(17)4-3-9(11(18)19)15-12(20)14-5-8-16-6-1-2-7-16/h9H,1-8H2,(H2,13,17)(H,18,19)(H2,14,15,20). The fraction of sp³-hybridized carbons (Fsp3) is 0.750. The van der Waals surface area contributed by atoms with E-state index in [1.54, 1.807) is 0 Å². The summed E-state index contributed by atoms with van der Waals surface area (Å²) in [4.78, 5) is 35.3. The van der Waals surface area contributed by atoms with E-state index in [2.05, 4.69) is 15.5 Å². The van der Waals surface area contributed by atoms with E-state index in [0.717, 1.165) is 19.6 Å². The molecule has 3 amide bonds. The summed E-state index contributed by atoms with van der Waals surface area (Å²) in [5, 5.41) is 13.9. The van der Waals surface area contributed by atoms with Crippen molar-refractivity contribution < 1.29 is 19.5 Å². The molecule has 114 valence electrons. The van der Waals surface area contributed by atoms with Gasteiger partial charge in [-0.15, -0.1) is 0 Å². The van der Waals surface area contributed by atoms with E-state index in [9.17, 15) is 14.4 Å². The van der Waals surface area contributed by atoms with Gasteiger partial charge in [-0.2, -0.15) is 0 Å². The van der Waals surface area contributed by atoms with Crippen LogP contribution in [0.1, 0.15) is 25.7 Å². The van der Waals surface area contributed by atoms with Crippen molar-refractivity contribution in [2.24, 2.45) is 5.73 Å². The first-order valence-electron chi connectivity index (χ1n) is 6.77. The van der Waals surface area contributed by atoms with Gasteiger partial charge >= 0.3 is 12.0 Å². The second-order valence-electron chi connectivity index (χ2n) is 4.84. The number of carboxylic acids is 1. The Morgan fingerprint density at radius 1 is 1.25 bits per heavy atom. The molecule has 0 aliphatic carbocycles. The summed E-state index contributed by atoms with van der Waals surface area (Å²) < 4.78 is 0. The molecule has 1 aliphatic heterocycles. The quantitative estimate of drug-likeness (QED) is 0.460. The summed E-state index contributed by atoms with van der Waals surface area (Å²) in [6.07, 6.45) is 2.27. The van der Waals surface area contributed by atoms with Crippen LogP contribution in [0.5, 0.6) is 0 Å². The van der Waals surface area contributed by atoms with Gasteiger partial charge in [0.1, 0.15) is 6.04 Å². The van der Waals surface area contributed by atoms with Crippen LogP contribution in [0.2, 0.25) is 0 Å². The molecule has 0 spiro atoms. The number of nitrogens with one attached hydrogen (secondary N) is 2. The van der Waals surface area contributed by atoms with Crippen LogP contribution in [0.3, 0.4) is 0 Å². The molecule has 8 nitrogen and oxygen atoms in total. The van der Waals surface area contributed by atoms with E-state index in [1.165, 1.54) is 12.8 Å². The summed E-state index contributed by atoms with van der Waals surface area (Å²) in [6.45, 7) is 3.31. The summed E-state index contributed by atoms with van der Waals surface area (Å²) >= 11 is 0. The van der Waals surface area contributed by atoms with E-state index < -0.39 is 23.9 Å². The minimum absolute atomic E-state index is 0.00971. The maximum atomic E-state index is 11.6. The number of amides is 3. The van der Waals surface area contributed by atoms with Crippen molar-refractivity contribution in [3.8, 4) is 0 Å². The number of hydrogen-bond donors (Lipinski definition) is 4. The largest absolute Gasteiger partial charge is 0.480 e. The normalized spacial score (nSPS) is 16.6. The van der Waals surface area contributed by atoms with Gasteiger partial charge in [-0.05, 0) is 32.4 Å². The first kappa shape index (κ1) is 16.2. The lowest BCUT2D eigenvalue weighted by molar-refractivity contribution is -0.139. The van der Waals surface area contributed by atoms with Crippen molar-refractivity contribution in [1.82, 2.24) is 15.5 Å². The molecule has 1 heterocycles. The molecule has 5 N–H and O–H groups in total. The summed E-state index contributed by atoms with van der Waals surface area (Å²) in [7, 11) is 0. The van der Waals surface area contributed by atoms with Crippen molar-refractivity contribution in [2.45, 2.75) is 31.7 Å². The highest BCUT2D eigenvalue weighted by Gasteiger charge is 2.20. The van der Waals surface area contributed by atoms with Gasteiger partial charge in [0, 0.05) is 19.5 Å². The second-order valence-corrected chi connectivity index (χ2v) is 4.84. The predicted molar refractivity (Wildman–Crippen MR) is 72.1 cm³/mol. The van der Waals surface area contributed by atoms with Gasteiger partial charge in [-0.25, -0.2) is 9.59 Å². The van der Waals surface area contributed by atoms with Crippen LogP contribution in [-0.2, 0) is 9.59 Å². The number of nitrogens with zero attached hydrogens (tertiary/aromatic N) is 1. The smallest absolute Gasteiger partial charge is 0.326 e. The number of nitrogens with two attached hydrogens (primary N) is 1. The molecule has 0 aromatic heterocycles. The molecule has 1 unspecified atom stereocenters. The highest BCUT2D eigenvalue weighted by Crippen LogP contribution is 2.05. The molecule has 20 heavy (non-hydrogen) atoms. The number of hydrogen-bond acceptors (Lipinski definition) is 4. The van der Waals surface area contributed by atoms with E-state index >= 15 is 0 Å². The number of carboxylic acid groups (broad SMARTS) is 1. The Kier molecular flexibility index (Phi) is 6.78. The number of likely N-dealkylation sites (tertiary alicyclic amines) is 1. The van der Waals surface area contributed by atoms with Crippen molar-refractivity contribution in [3.63, 3.8) is 0 Å². The number of rotatable bonds is 8. The SMILES string of the molecule is NC(=O)CCC(NC(=O)NCCN1CCCC1)C(=O)O. The van der Waals surface area contributed by atoms with Crippen LogP contribution < -0.4 is 16.4 Å². The molecule has 1 rings (SSSR count). The molecule has 1 saturated heterocycles. The minimum Gasteiger partial charge on any atom is -0.480 e. The highest BCUT2D eigenvalue weighted by atomic mass is 16.4. The minimum atomic E-state index is -1.18. The van der Waals surface area contributed by atoms with Gasteiger partial charge in [-0.3, -0.25) is 4.79 Å². The van der Waals surface area contributed by atoms with Gasteiger partial charge in [0.05, 0.1) is 0 Å². The molecular weight excluding hydrogens is 264 g/mol. The van der Waals surface area contributed by atoms with Crippen molar-refractivity contribution in [1.29, 1.82) is 0 Å². The second kappa shape index (κ2) is 8.36. The topological polar surface area (TPSA) is 125 Å². The van der Waals surface area contributed by atoms with E-state index in [-0.39, 0.29) is 12.8 Å². The van der Waals surface area contributed by atoms with Crippen LogP contribution in [0.15, 0.2) is 0 Å². The molecule has 0 aromatic rings. The van der Waals surface area contributed by atoms with Crippen LogP contribution in [-0.4, -0.2) is 60.1 Å². The lowest BCUT2D eigenvalue weighted by Crippen LogP contribution is -2.47. The number of aliphatic carboxylic acids is 1. The lowest BCUT2D eigenvalue weighted by Gasteiger charge is -2.17. The average Bonchev–Trinajstić information content (AvgIpc) is 2.87. The summed E-state index contributed by atoms with van der Waals surface area (Å²) in [6, 6.07) is -1.64. The van der Waals surface area contributed by atoms with Crippen LogP contribution >= 0.6 is 0 Å². The first-order valence-corrected chi connectivity index (χ1v) is 6.77. The zero-order valence-corrected chi connectivity index (χ0v) is 11.4. The van der Waals surface area contributed by atoms with Crippen LogP contribution in [0, 0.1) is 0 Å². The molecule has 0 radical (unpaired) electrons. The zero-order chi connectivity index (χ0) is 15.0. The predicted octanol–water partition coefficient (Wildman–Crippen LogP) is -0.900. The maximum Gasteiger partial charge on any atom is 0.326 e. The zero-order valence-electron chi connectivity index (χ0n) is 11.4. The molecule has 0 aromatic carbocycles. The Hall–Kier alpha value is -1.83. The monoisotopic (exact) mass is 286 g/mol. The van der Waals surface area contributed by atoms with E-state index in [4.69, 9.17) is 10.8 Å². The first-order chi connectivity index (χ1) is 9.49. The summed E-state index contributed by atoms with van der Waals surface area (Å²) in [5.74, 6) is -1.77. The van der Waals surface area contributed by atoms with Gasteiger partial charge in [0.15, 0.2) is 0 Å². The third kappa shape index (κ3) is 6.37. The van der Waals surface area contributed by atoms with Crippen LogP contribution in [0.4, 0.5) is 4.79 Å². The lowest BCUT2D eigenvalue weighted by atomic mass is 10.1. The van der Waals surface area contributed by atoms with E-state index in [1.807, 2.05) is 0 Å². The van der Waals surface area contributed by atoms with Gasteiger partial charge < -0.3 is 26.4 Å². The number of carbonyl (C=O) groups excluding carboxylic acids is 2. The molecule has 1 aliphatic rings. The molecule has 0 bridgehead atoms. The molecule has 0 saturated carbocycles. The van der Waals surface area contributed by atoms with Crippen molar-refractivity contribution in [2.75, 3.05) is 26.2 Å². The van der Waals surface area contributed by atoms with Crippen molar-refractivity contribution >= 4 is 17.9 Å². The molecule has 8 heteroatoms. The molecule has 1 fully saturated rings. The fourth-order valence-electron chi connectivity index (χ4n) is 2.09. The van der Waals surface area contributed by atoms with Crippen LogP contribution in [0.25, 0.3) is 0 Å². The Labute approximate surface area is 117 Å². The average molecular weight is 286 g/mol. The number of carbonyl (C=O) groups is 3. The maximum absolute atomic E-state index is 11.6. The van der Waals surface area contributed by atoms with Gasteiger partial charge in [0.2, 0.25) is 5.91 Å². The highest BCUT2D eigenvalue weighted by molar-refractivity contribution is 5.83. The van der Waals surface area contributed by atoms with E-state index in [0.29, 0.717) is 6.54 Å². The third-order valence-corrected chi connectivity index (χ3v) is 3.20. The Morgan fingerprint density at radius 2 is 1.90 bits per heavy atom. The third-order valence-electron chi connectivity index (χ3n) is 3.20. The number of primary amides is 1. The van der Waals surface area contributed by atoms with Gasteiger partial charge in [0.25, 0.3) is 0 Å².